The maximum atomic E-state index is 11.8. The molecule has 2 heterocycles. The average molecular weight is 274 g/mol. The Morgan fingerprint density at radius 1 is 1.20 bits per heavy atom. The predicted octanol–water partition coefficient (Wildman–Crippen LogP) is 2.05. The van der Waals surface area contributed by atoms with Gasteiger partial charge in [-0.2, -0.15) is 5.10 Å². The molecule has 0 atom stereocenters. The zero-order valence-corrected chi connectivity index (χ0v) is 11.9. The first kappa shape index (κ1) is 14.0. The van der Waals surface area contributed by atoms with E-state index < -0.39 is 6.03 Å². The van der Waals surface area contributed by atoms with Crippen LogP contribution in [-0.2, 0) is 11.8 Å². The number of imide groups is 1. The molecule has 3 rings (SSSR count). The van der Waals surface area contributed by atoms with Gasteiger partial charge in [-0.3, -0.25) is 19.7 Å². The van der Waals surface area contributed by atoms with E-state index in [1.54, 1.807) is 4.68 Å². The van der Waals surface area contributed by atoms with Gasteiger partial charge in [0.1, 0.15) is 0 Å². The van der Waals surface area contributed by atoms with Gasteiger partial charge in [0.25, 0.3) is 0 Å². The molecule has 0 saturated carbocycles. The van der Waals surface area contributed by atoms with Crippen LogP contribution in [0.1, 0.15) is 20.3 Å². The van der Waals surface area contributed by atoms with Gasteiger partial charge in [-0.15, -0.1) is 0 Å². The zero-order valence-electron chi connectivity index (χ0n) is 11.9. The maximum Gasteiger partial charge on any atom is 0.329 e. The van der Waals surface area contributed by atoms with Gasteiger partial charge in [0.2, 0.25) is 5.91 Å². The van der Waals surface area contributed by atoms with Crippen molar-refractivity contribution < 1.29 is 9.59 Å². The largest absolute Gasteiger partial charge is 0.329 e. The number of aryl methyl sites for hydroxylation is 1. The third-order valence-electron chi connectivity index (χ3n) is 3.05. The molecular formula is C14H18N4O2. The number of para-hydroxylation sites is 1. The summed E-state index contributed by atoms with van der Waals surface area (Å²) in [6.07, 6.45) is 0.302. The van der Waals surface area contributed by atoms with Crippen LogP contribution in [-0.4, -0.2) is 28.3 Å². The molecular weight excluding hydrogens is 256 g/mol. The molecule has 20 heavy (non-hydrogen) atoms. The van der Waals surface area contributed by atoms with Crippen LogP contribution in [0.5, 0.6) is 0 Å². The summed E-state index contributed by atoms with van der Waals surface area (Å²) in [4.78, 5) is 24.4. The van der Waals surface area contributed by atoms with Crippen LogP contribution in [0.3, 0.4) is 0 Å². The lowest BCUT2D eigenvalue weighted by molar-refractivity contribution is -0.120. The number of fused-ring (bicyclic) bond motifs is 1. The topological polar surface area (TPSA) is 67.2 Å². The molecule has 2 aromatic rings. The van der Waals surface area contributed by atoms with Crippen molar-refractivity contribution in [3.05, 3.63) is 24.3 Å². The lowest BCUT2D eigenvalue weighted by atomic mass is 10.2. The van der Waals surface area contributed by atoms with Crippen LogP contribution in [0.2, 0.25) is 0 Å². The van der Waals surface area contributed by atoms with E-state index >= 15 is 0 Å². The number of hydrogen-bond donors (Lipinski definition) is 1. The van der Waals surface area contributed by atoms with Crippen molar-refractivity contribution >= 4 is 28.7 Å². The van der Waals surface area contributed by atoms with Gasteiger partial charge in [0.15, 0.2) is 5.82 Å². The van der Waals surface area contributed by atoms with E-state index in [1.165, 1.54) is 4.90 Å². The summed E-state index contributed by atoms with van der Waals surface area (Å²) < 4.78 is 1.73. The van der Waals surface area contributed by atoms with Gasteiger partial charge < -0.3 is 0 Å². The molecule has 1 saturated heterocycles. The van der Waals surface area contributed by atoms with Crippen molar-refractivity contribution in [2.24, 2.45) is 7.05 Å². The van der Waals surface area contributed by atoms with Gasteiger partial charge in [-0.25, -0.2) is 4.79 Å². The van der Waals surface area contributed by atoms with Crippen molar-refractivity contribution in [3.8, 4) is 0 Å². The Labute approximate surface area is 117 Å². The number of hydrogen-bond acceptors (Lipinski definition) is 3. The molecule has 6 nitrogen and oxygen atoms in total. The molecule has 106 valence electrons. The lowest BCUT2D eigenvalue weighted by Gasteiger charge is -2.24. The SMILES string of the molecule is CC.Cn1nc(N2CCC(=O)NC2=O)c2ccccc21. The molecule has 0 aliphatic carbocycles. The van der Waals surface area contributed by atoms with Crippen LogP contribution in [0.15, 0.2) is 24.3 Å². The van der Waals surface area contributed by atoms with E-state index in [-0.39, 0.29) is 5.91 Å². The fraction of sp³-hybridized carbons (Fsp3) is 0.357. The van der Waals surface area contributed by atoms with Crippen LogP contribution in [0.25, 0.3) is 10.9 Å². The number of carbonyl (C=O) groups excluding carboxylic acids is 2. The number of nitrogens with zero attached hydrogens (tertiary/aromatic N) is 3. The van der Waals surface area contributed by atoms with Crippen molar-refractivity contribution in [1.29, 1.82) is 0 Å². The number of anilines is 1. The van der Waals surface area contributed by atoms with Gasteiger partial charge >= 0.3 is 6.03 Å². The Morgan fingerprint density at radius 2 is 1.90 bits per heavy atom. The minimum atomic E-state index is -0.407. The Balaban J connectivity index is 0.000000704. The molecule has 1 aromatic carbocycles. The first-order chi connectivity index (χ1) is 9.66. The standard InChI is InChI=1S/C12H12N4O2.C2H6/c1-15-9-5-3-2-4-8(9)11(14-15)16-7-6-10(17)13-12(16)18;1-2/h2-5H,6-7H2,1H3,(H,13,17,18);1-2H3. The highest BCUT2D eigenvalue weighted by Gasteiger charge is 2.27. The minimum absolute atomic E-state index is 0.239. The Hall–Kier alpha value is -2.37. The molecule has 1 aliphatic rings. The number of carbonyl (C=O) groups is 2. The Kier molecular flexibility index (Phi) is 4.02. The molecule has 1 fully saturated rings. The normalized spacial score (nSPS) is 14.8. The highest BCUT2D eigenvalue weighted by Crippen LogP contribution is 2.26. The van der Waals surface area contributed by atoms with Gasteiger partial charge in [-0.05, 0) is 12.1 Å². The lowest BCUT2D eigenvalue weighted by Crippen LogP contribution is -2.49. The fourth-order valence-corrected chi connectivity index (χ4v) is 2.16. The van der Waals surface area contributed by atoms with E-state index in [0.717, 1.165) is 10.9 Å². The molecule has 1 aliphatic heterocycles. The smallest absolute Gasteiger partial charge is 0.278 e. The molecule has 6 heteroatoms. The summed E-state index contributed by atoms with van der Waals surface area (Å²) >= 11 is 0. The van der Waals surface area contributed by atoms with Crippen molar-refractivity contribution in [2.45, 2.75) is 20.3 Å². The number of aromatic nitrogens is 2. The third-order valence-corrected chi connectivity index (χ3v) is 3.05. The second kappa shape index (κ2) is 5.73. The van der Waals surface area contributed by atoms with Gasteiger partial charge in [0.05, 0.1) is 5.52 Å². The predicted molar refractivity (Wildman–Crippen MR) is 77.6 cm³/mol. The second-order valence-corrected chi connectivity index (χ2v) is 4.22. The van der Waals surface area contributed by atoms with E-state index in [1.807, 2.05) is 45.2 Å². The van der Waals surface area contributed by atoms with Crippen molar-refractivity contribution in [3.63, 3.8) is 0 Å². The van der Waals surface area contributed by atoms with E-state index in [0.29, 0.717) is 18.8 Å². The molecule has 0 unspecified atom stereocenters. The molecule has 0 spiro atoms. The summed E-state index contributed by atoms with van der Waals surface area (Å²) in [5.74, 6) is 0.356. The van der Waals surface area contributed by atoms with Crippen LogP contribution < -0.4 is 10.2 Å². The number of rotatable bonds is 1. The highest BCUT2D eigenvalue weighted by atomic mass is 16.2. The maximum absolute atomic E-state index is 11.8. The van der Waals surface area contributed by atoms with Crippen molar-refractivity contribution in [2.75, 3.05) is 11.4 Å². The number of amides is 3. The summed E-state index contributed by atoms with van der Waals surface area (Å²) in [5, 5.41) is 7.57. The van der Waals surface area contributed by atoms with E-state index in [2.05, 4.69) is 10.4 Å². The first-order valence-corrected chi connectivity index (χ1v) is 6.70. The summed E-state index contributed by atoms with van der Waals surface area (Å²) in [6.45, 7) is 4.37. The summed E-state index contributed by atoms with van der Waals surface area (Å²) in [6, 6.07) is 7.28. The zero-order chi connectivity index (χ0) is 14.7. The molecule has 1 aromatic heterocycles. The van der Waals surface area contributed by atoms with Crippen LogP contribution in [0.4, 0.5) is 10.6 Å². The molecule has 3 amide bonds. The summed E-state index contributed by atoms with van der Waals surface area (Å²) in [5.41, 5.74) is 0.956. The number of urea groups is 1. The number of nitrogens with one attached hydrogen (secondary N) is 1. The fourth-order valence-electron chi connectivity index (χ4n) is 2.16. The van der Waals surface area contributed by atoms with Gasteiger partial charge in [0, 0.05) is 25.4 Å². The van der Waals surface area contributed by atoms with Crippen LogP contribution >= 0.6 is 0 Å². The minimum Gasteiger partial charge on any atom is -0.278 e. The highest BCUT2D eigenvalue weighted by molar-refractivity contribution is 6.08. The van der Waals surface area contributed by atoms with E-state index in [4.69, 9.17) is 0 Å². The monoisotopic (exact) mass is 274 g/mol. The quantitative estimate of drug-likeness (QED) is 0.865. The molecule has 0 radical (unpaired) electrons. The average Bonchev–Trinajstić information content (AvgIpc) is 2.79. The molecule has 0 bridgehead atoms. The number of benzene rings is 1. The van der Waals surface area contributed by atoms with E-state index in [9.17, 15) is 9.59 Å². The molecule has 1 N–H and O–H groups in total. The first-order valence-electron chi connectivity index (χ1n) is 6.70. The Bertz CT molecular complexity index is 648. The third kappa shape index (κ3) is 2.36. The second-order valence-electron chi connectivity index (χ2n) is 4.22. The Morgan fingerprint density at radius 3 is 2.60 bits per heavy atom. The van der Waals surface area contributed by atoms with Crippen LogP contribution in [0, 0.1) is 0 Å². The van der Waals surface area contributed by atoms with Crippen molar-refractivity contribution in [1.82, 2.24) is 15.1 Å². The summed E-state index contributed by atoms with van der Waals surface area (Å²) in [7, 11) is 1.83. The van der Waals surface area contributed by atoms with Gasteiger partial charge in [-0.1, -0.05) is 26.0 Å².